The Morgan fingerprint density at radius 1 is 1.06 bits per heavy atom. The first kappa shape index (κ1) is 23.5. The molecular formula is C22H21F2N5O4S. The highest BCUT2D eigenvalue weighted by atomic mass is 32.2. The van der Waals surface area contributed by atoms with Gasteiger partial charge in [-0.15, -0.1) is 0 Å². The van der Waals surface area contributed by atoms with Gasteiger partial charge in [-0.1, -0.05) is 0 Å². The number of aliphatic hydroxyl groups excluding tert-OH is 1. The van der Waals surface area contributed by atoms with E-state index in [-0.39, 0.29) is 48.2 Å². The zero-order valence-electron chi connectivity index (χ0n) is 17.8. The summed E-state index contributed by atoms with van der Waals surface area (Å²) in [5.74, 6) is -2.16. The number of nitrogens with zero attached hydrogens (tertiary/aromatic N) is 2. The first-order chi connectivity index (χ1) is 16.2. The molecular weight excluding hydrogens is 468 g/mol. The molecule has 0 unspecified atom stereocenters. The lowest BCUT2D eigenvalue weighted by atomic mass is 10.1. The van der Waals surface area contributed by atoms with Gasteiger partial charge in [0, 0.05) is 23.9 Å². The van der Waals surface area contributed by atoms with E-state index in [9.17, 15) is 22.0 Å². The quantitative estimate of drug-likeness (QED) is 0.373. The molecule has 178 valence electrons. The van der Waals surface area contributed by atoms with Crippen LogP contribution in [0.4, 0.5) is 25.1 Å². The van der Waals surface area contributed by atoms with Crippen LogP contribution in [0.5, 0.6) is 0 Å². The number of aliphatic hydroxyl groups is 1. The summed E-state index contributed by atoms with van der Waals surface area (Å²) in [6.45, 7) is -0.0756. The second kappa shape index (κ2) is 8.95. The number of sulfone groups is 1. The number of rotatable bonds is 7. The summed E-state index contributed by atoms with van der Waals surface area (Å²) in [5, 5.41) is 13.8. The van der Waals surface area contributed by atoms with Crippen LogP contribution in [0.1, 0.15) is 18.5 Å². The second-order valence-electron chi connectivity index (χ2n) is 7.76. The van der Waals surface area contributed by atoms with Crippen molar-refractivity contribution in [2.75, 3.05) is 24.2 Å². The zero-order valence-corrected chi connectivity index (χ0v) is 18.6. The fourth-order valence-electron chi connectivity index (χ4n) is 3.52. The number of nitrogens with two attached hydrogens (primary N) is 1. The summed E-state index contributed by atoms with van der Waals surface area (Å²) >= 11 is 0. The van der Waals surface area contributed by atoms with Crippen LogP contribution < -0.4 is 16.4 Å². The maximum Gasteiger partial charge on any atom is 0.319 e. The molecule has 1 heterocycles. The van der Waals surface area contributed by atoms with Gasteiger partial charge in [-0.2, -0.15) is 0 Å². The molecule has 0 saturated heterocycles. The molecule has 2 amide bonds. The Balaban J connectivity index is 1.64. The standard InChI is InChI=1S/C22H21F2N5O4S/c23-16-6-5-15(11-17(16)24)34(32,33)22(7-8-22)18-12-19(25)29-20(28-18)13-1-3-14(4-2-13)27-21(31)26-9-10-30/h1-6,11-12,30H,7-10H2,(H2,25,28,29)(H2,26,27,31). The summed E-state index contributed by atoms with van der Waals surface area (Å²) in [6, 6.07) is 9.82. The van der Waals surface area contributed by atoms with Crippen molar-refractivity contribution < 1.29 is 27.1 Å². The van der Waals surface area contributed by atoms with Crippen LogP contribution in [0.2, 0.25) is 0 Å². The first-order valence-electron chi connectivity index (χ1n) is 10.3. The molecule has 9 nitrogen and oxygen atoms in total. The number of hydrogen-bond acceptors (Lipinski definition) is 7. The second-order valence-corrected chi connectivity index (χ2v) is 10.0. The average molecular weight is 490 g/mol. The van der Waals surface area contributed by atoms with Crippen LogP contribution in [0.3, 0.4) is 0 Å². The lowest BCUT2D eigenvalue weighted by molar-refractivity contribution is 0.245. The predicted octanol–water partition coefficient (Wildman–Crippen LogP) is 2.58. The molecule has 5 N–H and O–H groups in total. The Bertz CT molecular complexity index is 1350. The van der Waals surface area contributed by atoms with Crippen LogP contribution >= 0.6 is 0 Å². The van der Waals surface area contributed by atoms with Gasteiger partial charge in [0.25, 0.3) is 0 Å². The molecule has 1 saturated carbocycles. The molecule has 34 heavy (non-hydrogen) atoms. The number of anilines is 2. The van der Waals surface area contributed by atoms with Crippen LogP contribution in [0, 0.1) is 11.6 Å². The molecule has 2 aromatic carbocycles. The average Bonchev–Trinajstić information content (AvgIpc) is 3.62. The van der Waals surface area contributed by atoms with Crippen LogP contribution in [0.15, 0.2) is 53.4 Å². The summed E-state index contributed by atoms with van der Waals surface area (Å²) in [7, 11) is -4.09. The third kappa shape index (κ3) is 4.41. The molecule has 3 aromatic rings. The number of benzene rings is 2. The van der Waals surface area contributed by atoms with Gasteiger partial charge in [-0.05, 0) is 55.3 Å². The first-order valence-corrected chi connectivity index (χ1v) is 11.8. The zero-order chi connectivity index (χ0) is 24.5. The number of aromatic nitrogens is 2. The van der Waals surface area contributed by atoms with Gasteiger partial charge in [0.2, 0.25) is 0 Å². The highest BCUT2D eigenvalue weighted by Gasteiger charge is 2.58. The largest absolute Gasteiger partial charge is 0.395 e. The maximum atomic E-state index is 13.7. The Hall–Kier alpha value is -3.64. The molecule has 0 bridgehead atoms. The van der Waals surface area contributed by atoms with Crippen molar-refractivity contribution >= 4 is 27.4 Å². The van der Waals surface area contributed by atoms with E-state index in [0.29, 0.717) is 17.3 Å². The fourth-order valence-corrected chi connectivity index (χ4v) is 5.50. The monoisotopic (exact) mass is 489 g/mol. The molecule has 0 atom stereocenters. The molecule has 0 aliphatic heterocycles. The molecule has 0 radical (unpaired) electrons. The Kier molecular flexibility index (Phi) is 6.19. The van der Waals surface area contributed by atoms with E-state index in [1.807, 2.05) is 0 Å². The molecule has 12 heteroatoms. The van der Waals surface area contributed by atoms with Crippen molar-refractivity contribution in [1.29, 1.82) is 0 Å². The highest BCUT2D eigenvalue weighted by Crippen LogP contribution is 2.55. The lowest BCUT2D eigenvalue weighted by Crippen LogP contribution is -2.30. The van der Waals surface area contributed by atoms with Crippen molar-refractivity contribution in [1.82, 2.24) is 15.3 Å². The van der Waals surface area contributed by atoms with Gasteiger partial charge in [0.1, 0.15) is 10.6 Å². The fraction of sp³-hybridized carbons (Fsp3) is 0.227. The van der Waals surface area contributed by atoms with Crippen molar-refractivity contribution in [2.24, 2.45) is 0 Å². The summed E-state index contributed by atoms with van der Waals surface area (Å²) in [4.78, 5) is 20.0. The Morgan fingerprint density at radius 3 is 2.38 bits per heavy atom. The summed E-state index contributed by atoms with van der Waals surface area (Å²) in [5.41, 5.74) is 7.12. The third-order valence-corrected chi connectivity index (χ3v) is 7.95. The molecule has 1 aliphatic rings. The van der Waals surface area contributed by atoms with E-state index in [2.05, 4.69) is 20.6 Å². The van der Waals surface area contributed by atoms with Crippen LogP contribution in [-0.2, 0) is 14.6 Å². The Labute approximate surface area is 194 Å². The van der Waals surface area contributed by atoms with Crippen molar-refractivity contribution in [2.45, 2.75) is 22.5 Å². The number of urea groups is 1. The summed E-state index contributed by atoms with van der Waals surface area (Å²) < 4.78 is 52.3. The van der Waals surface area contributed by atoms with Crippen molar-refractivity contribution in [3.63, 3.8) is 0 Å². The Morgan fingerprint density at radius 2 is 1.76 bits per heavy atom. The van der Waals surface area contributed by atoms with Gasteiger partial charge in [0.15, 0.2) is 27.3 Å². The predicted molar refractivity (Wildman–Crippen MR) is 120 cm³/mol. The molecule has 4 rings (SSSR count). The number of nitrogens with one attached hydrogen (secondary N) is 2. The van der Waals surface area contributed by atoms with Crippen LogP contribution in [-0.4, -0.2) is 42.7 Å². The number of nitrogen functional groups attached to an aromatic ring is 1. The van der Waals surface area contributed by atoms with Crippen molar-refractivity contribution in [3.8, 4) is 11.4 Å². The van der Waals surface area contributed by atoms with E-state index in [1.54, 1.807) is 24.3 Å². The van der Waals surface area contributed by atoms with E-state index in [4.69, 9.17) is 10.8 Å². The molecule has 1 aromatic heterocycles. The minimum absolute atomic E-state index is 0.0531. The summed E-state index contributed by atoms with van der Waals surface area (Å²) in [6.07, 6.45) is 0.492. The van der Waals surface area contributed by atoms with Crippen LogP contribution in [0.25, 0.3) is 11.4 Å². The van der Waals surface area contributed by atoms with Gasteiger partial charge in [-0.3, -0.25) is 0 Å². The topological polar surface area (TPSA) is 147 Å². The minimum atomic E-state index is -4.09. The van der Waals surface area contributed by atoms with E-state index in [0.717, 1.165) is 12.1 Å². The minimum Gasteiger partial charge on any atom is -0.395 e. The number of carbonyl (C=O) groups excluding carboxylic acids is 1. The van der Waals surface area contributed by atoms with Gasteiger partial charge < -0.3 is 21.5 Å². The van der Waals surface area contributed by atoms with Crippen molar-refractivity contribution in [3.05, 3.63) is 65.9 Å². The molecule has 1 aliphatic carbocycles. The normalized spacial score (nSPS) is 14.4. The van der Waals surface area contributed by atoms with E-state index in [1.165, 1.54) is 6.07 Å². The number of halogens is 2. The number of amides is 2. The van der Waals surface area contributed by atoms with Gasteiger partial charge in [0.05, 0.1) is 17.2 Å². The van der Waals surface area contributed by atoms with E-state index >= 15 is 0 Å². The SMILES string of the molecule is Nc1cc(C2(S(=O)(=O)c3ccc(F)c(F)c3)CC2)nc(-c2ccc(NC(=O)NCCO)cc2)n1. The van der Waals surface area contributed by atoms with Gasteiger partial charge >= 0.3 is 6.03 Å². The molecule has 0 spiro atoms. The van der Waals surface area contributed by atoms with E-state index < -0.39 is 32.2 Å². The molecule has 1 fully saturated rings. The smallest absolute Gasteiger partial charge is 0.319 e. The lowest BCUT2D eigenvalue weighted by Gasteiger charge is -2.17. The number of hydrogen-bond donors (Lipinski definition) is 4. The number of carbonyl (C=O) groups is 1. The maximum absolute atomic E-state index is 13.7. The highest BCUT2D eigenvalue weighted by molar-refractivity contribution is 7.92. The van der Waals surface area contributed by atoms with Gasteiger partial charge in [-0.25, -0.2) is 32.0 Å². The third-order valence-electron chi connectivity index (χ3n) is 5.43.